The molecule has 19 heavy (non-hydrogen) atoms. The molecule has 0 aliphatic heterocycles. The standard InChI is InChI=1S/C12H21BrN2O2S2/c1-3-5-14-6-4-7-19(16,17)15(2)9-11-8-12(13)18-10-11/h8,10,14H,3-7,9H2,1-2H3. The maximum absolute atomic E-state index is 12.1. The molecule has 1 rings (SSSR count). The maximum Gasteiger partial charge on any atom is 0.214 e. The zero-order valence-corrected chi connectivity index (χ0v) is 14.6. The number of hydrogen-bond acceptors (Lipinski definition) is 4. The van der Waals surface area contributed by atoms with Crippen molar-refractivity contribution in [3.8, 4) is 0 Å². The van der Waals surface area contributed by atoms with Crippen molar-refractivity contribution in [2.24, 2.45) is 0 Å². The first-order valence-corrected chi connectivity index (χ1v) is 9.61. The van der Waals surface area contributed by atoms with Gasteiger partial charge in [-0.25, -0.2) is 12.7 Å². The van der Waals surface area contributed by atoms with Crippen LogP contribution in [-0.4, -0.2) is 38.6 Å². The number of hydrogen-bond donors (Lipinski definition) is 1. The zero-order valence-electron chi connectivity index (χ0n) is 11.4. The van der Waals surface area contributed by atoms with E-state index in [0.29, 0.717) is 13.0 Å². The molecule has 7 heteroatoms. The summed E-state index contributed by atoms with van der Waals surface area (Å²) >= 11 is 4.95. The van der Waals surface area contributed by atoms with E-state index in [9.17, 15) is 8.42 Å². The van der Waals surface area contributed by atoms with Crippen molar-refractivity contribution in [1.82, 2.24) is 9.62 Å². The summed E-state index contributed by atoms with van der Waals surface area (Å²) in [7, 11) is -1.51. The molecule has 0 amide bonds. The van der Waals surface area contributed by atoms with Crippen molar-refractivity contribution in [2.75, 3.05) is 25.9 Å². The molecule has 0 atom stereocenters. The molecule has 110 valence electrons. The van der Waals surface area contributed by atoms with E-state index in [1.807, 2.05) is 11.4 Å². The minimum absolute atomic E-state index is 0.200. The van der Waals surface area contributed by atoms with E-state index in [0.717, 1.165) is 28.9 Å². The van der Waals surface area contributed by atoms with Gasteiger partial charge in [0, 0.05) is 13.6 Å². The van der Waals surface area contributed by atoms with Gasteiger partial charge in [0.05, 0.1) is 9.54 Å². The van der Waals surface area contributed by atoms with Crippen LogP contribution in [0.3, 0.4) is 0 Å². The lowest BCUT2D eigenvalue weighted by molar-refractivity contribution is 0.465. The van der Waals surface area contributed by atoms with Crippen LogP contribution in [0.4, 0.5) is 0 Å². The van der Waals surface area contributed by atoms with Gasteiger partial charge in [0.25, 0.3) is 0 Å². The average Bonchev–Trinajstić information content (AvgIpc) is 2.74. The van der Waals surface area contributed by atoms with Crippen LogP contribution in [0.5, 0.6) is 0 Å². The van der Waals surface area contributed by atoms with E-state index in [1.165, 1.54) is 4.31 Å². The van der Waals surface area contributed by atoms with Gasteiger partial charge in [-0.15, -0.1) is 11.3 Å². The Hall–Kier alpha value is 0.0500. The molecule has 0 unspecified atom stereocenters. The number of nitrogens with zero attached hydrogens (tertiary/aromatic N) is 1. The van der Waals surface area contributed by atoms with Crippen molar-refractivity contribution < 1.29 is 8.42 Å². The Morgan fingerprint density at radius 3 is 2.74 bits per heavy atom. The van der Waals surface area contributed by atoms with Gasteiger partial charge in [-0.1, -0.05) is 6.92 Å². The first-order chi connectivity index (χ1) is 8.95. The van der Waals surface area contributed by atoms with E-state index >= 15 is 0 Å². The molecule has 0 aromatic carbocycles. The molecule has 0 aliphatic carbocycles. The van der Waals surface area contributed by atoms with Crippen LogP contribution in [0, 0.1) is 0 Å². The largest absolute Gasteiger partial charge is 0.317 e. The van der Waals surface area contributed by atoms with Crippen LogP contribution < -0.4 is 5.32 Å². The van der Waals surface area contributed by atoms with Gasteiger partial charge >= 0.3 is 0 Å². The van der Waals surface area contributed by atoms with E-state index in [1.54, 1.807) is 18.4 Å². The fraction of sp³-hybridized carbons (Fsp3) is 0.667. The normalized spacial score (nSPS) is 12.2. The van der Waals surface area contributed by atoms with Gasteiger partial charge in [-0.2, -0.15) is 0 Å². The van der Waals surface area contributed by atoms with E-state index in [4.69, 9.17) is 0 Å². The fourth-order valence-electron chi connectivity index (χ4n) is 1.62. The highest BCUT2D eigenvalue weighted by Crippen LogP contribution is 2.22. The van der Waals surface area contributed by atoms with Gasteiger partial charge in [0.2, 0.25) is 10.0 Å². The Morgan fingerprint density at radius 1 is 1.42 bits per heavy atom. The van der Waals surface area contributed by atoms with Gasteiger partial charge in [-0.05, 0) is 58.9 Å². The van der Waals surface area contributed by atoms with Crippen LogP contribution in [-0.2, 0) is 16.6 Å². The van der Waals surface area contributed by atoms with Gasteiger partial charge in [0.1, 0.15) is 0 Å². The highest BCUT2D eigenvalue weighted by Gasteiger charge is 2.17. The summed E-state index contributed by atoms with van der Waals surface area (Å²) < 4.78 is 26.6. The first kappa shape index (κ1) is 17.1. The fourth-order valence-corrected chi connectivity index (χ4v) is 3.99. The molecular weight excluding hydrogens is 348 g/mol. The first-order valence-electron chi connectivity index (χ1n) is 6.33. The van der Waals surface area contributed by atoms with E-state index < -0.39 is 10.0 Å². The second-order valence-electron chi connectivity index (χ2n) is 4.43. The minimum Gasteiger partial charge on any atom is -0.317 e. The number of halogens is 1. The van der Waals surface area contributed by atoms with Crippen LogP contribution >= 0.6 is 27.3 Å². The van der Waals surface area contributed by atoms with Crippen LogP contribution in [0.2, 0.25) is 0 Å². The molecule has 1 N–H and O–H groups in total. The quantitative estimate of drug-likeness (QED) is 0.681. The molecule has 4 nitrogen and oxygen atoms in total. The van der Waals surface area contributed by atoms with Crippen LogP contribution in [0.15, 0.2) is 15.2 Å². The molecule has 0 aliphatic rings. The molecule has 1 heterocycles. The highest BCUT2D eigenvalue weighted by atomic mass is 79.9. The summed E-state index contributed by atoms with van der Waals surface area (Å²) in [4.78, 5) is 0. The highest BCUT2D eigenvalue weighted by molar-refractivity contribution is 9.11. The number of thiophene rings is 1. The number of nitrogens with one attached hydrogen (secondary N) is 1. The second kappa shape index (κ2) is 8.36. The third-order valence-corrected chi connectivity index (χ3v) is 6.12. The monoisotopic (exact) mass is 368 g/mol. The van der Waals surface area contributed by atoms with Gasteiger partial charge in [0.15, 0.2) is 0 Å². The molecule has 0 bridgehead atoms. The lowest BCUT2D eigenvalue weighted by Gasteiger charge is -2.16. The third kappa shape index (κ3) is 6.35. The molecule has 1 aromatic heterocycles. The summed E-state index contributed by atoms with van der Waals surface area (Å²) in [5.41, 5.74) is 1.02. The minimum atomic E-state index is -3.15. The Kier molecular flexibility index (Phi) is 7.53. The smallest absolute Gasteiger partial charge is 0.214 e. The van der Waals surface area contributed by atoms with E-state index in [-0.39, 0.29) is 5.75 Å². The van der Waals surface area contributed by atoms with Gasteiger partial charge in [-0.3, -0.25) is 0 Å². The lowest BCUT2D eigenvalue weighted by Crippen LogP contribution is -2.30. The van der Waals surface area contributed by atoms with E-state index in [2.05, 4.69) is 28.2 Å². The summed E-state index contributed by atoms with van der Waals surface area (Å²) in [6.45, 7) is 4.23. The molecule has 0 fully saturated rings. The van der Waals surface area contributed by atoms with Crippen molar-refractivity contribution in [3.63, 3.8) is 0 Å². The molecule has 0 saturated heterocycles. The number of sulfonamides is 1. The predicted octanol–water partition coefficient (Wildman–Crippen LogP) is 2.66. The van der Waals surface area contributed by atoms with Gasteiger partial charge < -0.3 is 5.32 Å². The average molecular weight is 369 g/mol. The lowest BCUT2D eigenvalue weighted by atomic mass is 10.3. The maximum atomic E-state index is 12.1. The van der Waals surface area contributed by atoms with Crippen molar-refractivity contribution in [3.05, 3.63) is 20.8 Å². The SMILES string of the molecule is CCCNCCCS(=O)(=O)N(C)Cc1csc(Br)c1. The Labute approximate surface area is 128 Å². The number of rotatable bonds is 9. The Balaban J connectivity index is 2.39. The molecule has 0 radical (unpaired) electrons. The third-order valence-electron chi connectivity index (χ3n) is 2.68. The van der Waals surface area contributed by atoms with Crippen molar-refractivity contribution in [2.45, 2.75) is 26.3 Å². The molecule has 1 aromatic rings. The Morgan fingerprint density at radius 2 is 2.16 bits per heavy atom. The topological polar surface area (TPSA) is 49.4 Å². The molecule has 0 spiro atoms. The second-order valence-corrected chi connectivity index (χ2v) is 8.92. The Bertz CT molecular complexity index is 474. The predicted molar refractivity (Wildman–Crippen MR) is 85.1 cm³/mol. The van der Waals surface area contributed by atoms with Crippen LogP contribution in [0.1, 0.15) is 25.3 Å². The zero-order chi connectivity index (χ0) is 14.3. The van der Waals surface area contributed by atoms with Crippen molar-refractivity contribution in [1.29, 1.82) is 0 Å². The summed E-state index contributed by atoms with van der Waals surface area (Å²) in [5.74, 6) is 0.200. The summed E-state index contributed by atoms with van der Waals surface area (Å²) in [6, 6.07) is 1.96. The van der Waals surface area contributed by atoms with Crippen molar-refractivity contribution >= 4 is 37.3 Å². The molecule has 0 saturated carbocycles. The van der Waals surface area contributed by atoms with Crippen LogP contribution in [0.25, 0.3) is 0 Å². The molecular formula is C12H21BrN2O2S2. The summed E-state index contributed by atoms with van der Waals surface area (Å²) in [6.07, 6.45) is 1.72. The summed E-state index contributed by atoms with van der Waals surface area (Å²) in [5, 5.41) is 5.18.